The van der Waals surface area contributed by atoms with Gasteiger partial charge in [0.25, 0.3) is 0 Å². The second kappa shape index (κ2) is 5.77. The first-order valence-electron chi connectivity index (χ1n) is 8.24. The van der Waals surface area contributed by atoms with Crippen LogP contribution in [-0.4, -0.2) is 36.5 Å². The molecule has 7 nitrogen and oxygen atoms in total. The lowest BCUT2D eigenvalue weighted by Gasteiger charge is -2.14. The molecular formula is C20H11N5O2. The van der Waals surface area contributed by atoms with Crippen LogP contribution in [-0.2, 0) is 0 Å². The lowest BCUT2D eigenvalue weighted by molar-refractivity contribution is 0.0972. The largest absolute Gasteiger partial charge is 0.287 e. The van der Waals surface area contributed by atoms with Crippen molar-refractivity contribution in [2.24, 2.45) is 0 Å². The van der Waals surface area contributed by atoms with Gasteiger partial charge in [-0.2, -0.15) is 0 Å². The number of rotatable bonds is 2. The Bertz CT molecular complexity index is 1200. The molecule has 0 atom stereocenters. The number of hydrogen-bond donors (Lipinski definition) is 0. The van der Waals surface area contributed by atoms with E-state index in [0.717, 1.165) is 11.1 Å². The third kappa shape index (κ3) is 2.29. The molecule has 0 saturated heterocycles. The summed E-state index contributed by atoms with van der Waals surface area (Å²) in [5.74, 6) is -0.546. The van der Waals surface area contributed by atoms with Crippen molar-refractivity contribution in [2.45, 2.75) is 0 Å². The van der Waals surface area contributed by atoms with Crippen molar-refractivity contribution < 1.29 is 9.59 Å². The van der Waals surface area contributed by atoms with Crippen molar-refractivity contribution in [1.82, 2.24) is 25.0 Å². The first-order valence-corrected chi connectivity index (χ1v) is 8.24. The topological polar surface area (TPSA) is 90.6 Å². The Hall–Kier alpha value is -4.00. The van der Waals surface area contributed by atoms with Gasteiger partial charge in [-0.05, 0) is 17.7 Å². The average molecular weight is 353 g/mol. The zero-order chi connectivity index (χ0) is 18.4. The van der Waals surface area contributed by atoms with Crippen LogP contribution in [0.2, 0.25) is 0 Å². The van der Waals surface area contributed by atoms with Crippen LogP contribution in [0.25, 0.3) is 16.8 Å². The van der Waals surface area contributed by atoms with E-state index < -0.39 is 0 Å². The molecule has 0 amide bonds. The third-order valence-corrected chi connectivity index (χ3v) is 4.52. The molecule has 0 aliphatic heterocycles. The van der Waals surface area contributed by atoms with Crippen molar-refractivity contribution in [2.75, 3.05) is 0 Å². The summed E-state index contributed by atoms with van der Waals surface area (Å²) >= 11 is 0. The van der Waals surface area contributed by atoms with Crippen molar-refractivity contribution in [1.29, 1.82) is 0 Å². The minimum atomic E-state index is -0.287. The zero-order valence-corrected chi connectivity index (χ0v) is 13.9. The Morgan fingerprint density at radius 3 is 2.11 bits per heavy atom. The van der Waals surface area contributed by atoms with Crippen LogP contribution in [0.3, 0.4) is 0 Å². The summed E-state index contributed by atoms with van der Waals surface area (Å²) in [6.07, 6.45) is 4.91. The molecule has 7 heteroatoms. The van der Waals surface area contributed by atoms with Gasteiger partial charge in [0.05, 0.1) is 5.69 Å². The zero-order valence-electron chi connectivity index (χ0n) is 13.9. The van der Waals surface area contributed by atoms with Crippen molar-refractivity contribution in [3.63, 3.8) is 0 Å². The molecular weight excluding hydrogens is 342 g/mol. The highest BCUT2D eigenvalue weighted by molar-refractivity contribution is 6.27. The number of carbonyl (C=O) groups excluding carboxylic acids is 2. The Balaban J connectivity index is 1.60. The second-order valence-corrected chi connectivity index (χ2v) is 6.08. The molecule has 0 bridgehead atoms. The summed E-state index contributed by atoms with van der Waals surface area (Å²) in [6.45, 7) is 0. The highest BCUT2D eigenvalue weighted by Gasteiger charge is 2.35. The first-order chi connectivity index (χ1) is 13.2. The Labute approximate surface area is 153 Å². The highest BCUT2D eigenvalue weighted by atomic mass is 16.1. The quantitative estimate of drug-likeness (QED) is 0.484. The fourth-order valence-corrected chi connectivity index (χ4v) is 3.20. The van der Waals surface area contributed by atoms with E-state index in [9.17, 15) is 9.59 Å². The molecule has 0 saturated carbocycles. The summed E-state index contributed by atoms with van der Waals surface area (Å²) in [5, 5.41) is 8.02. The predicted octanol–water partition coefficient (Wildman–Crippen LogP) is 2.50. The second-order valence-electron chi connectivity index (χ2n) is 6.08. The Morgan fingerprint density at radius 1 is 0.741 bits per heavy atom. The van der Waals surface area contributed by atoms with Gasteiger partial charge in [0, 0.05) is 29.1 Å². The summed E-state index contributed by atoms with van der Waals surface area (Å²) in [4.78, 5) is 33.6. The van der Waals surface area contributed by atoms with E-state index >= 15 is 0 Å². The Morgan fingerprint density at radius 2 is 1.41 bits per heavy atom. The van der Waals surface area contributed by atoms with E-state index in [1.165, 1.54) is 11.0 Å². The van der Waals surface area contributed by atoms with E-state index in [1.807, 2.05) is 24.3 Å². The first kappa shape index (κ1) is 15.3. The highest BCUT2D eigenvalue weighted by Crippen LogP contribution is 2.28. The molecule has 27 heavy (non-hydrogen) atoms. The van der Waals surface area contributed by atoms with Gasteiger partial charge in [0.1, 0.15) is 12.0 Å². The maximum absolute atomic E-state index is 12.9. The maximum Gasteiger partial charge on any atom is 0.216 e. The fourth-order valence-electron chi connectivity index (χ4n) is 3.20. The van der Waals surface area contributed by atoms with Gasteiger partial charge in [0.2, 0.25) is 11.6 Å². The van der Waals surface area contributed by atoms with Crippen LogP contribution in [0.5, 0.6) is 0 Å². The van der Waals surface area contributed by atoms with Gasteiger partial charge in [-0.3, -0.25) is 9.59 Å². The SMILES string of the molecule is O=C1c2ccccc2C(=O)c2c1nnn2-c1ccc(-c2cncnc2)cc1. The number of carbonyl (C=O) groups is 2. The normalized spacial score (nSPS) is 12.6. The van der Waals surface area contributed by atoms with Crippen LogP contribution >= 0.6 is 0 Å². The number of ketones is 2. The van der Waals surface area contributed by atoms with Crippen molar-refractivity contribution in [3.05, 3.63) is 89.8 Å². The number of benzene rings is 2. The van der Waals surface area contributed by atoms with E-state index in [0.29, 0.717) is 16.8 Å². The molecule has 2 aromatic heterocycles. The molecule has 0 unspecified atom stereocenters. The summed E-state index contributed by atoms with van der Waals surface area (Å²) < 4.78 is 1.41. The number of aromatic nitrogens is 5. The molecule has 4 aromatic rings. The van der Waals surface area contributed by atoms with Gasteiger partial charge in [-0.25, -0.2) is 14.6 Å². The van der Waals surface area contributed by atoms with Crippen LogP contribution in [0.15, 0.2) is 67.3 Å². The number of fused-ring (bicyclic) bond motifs is 2. The number of nitrogens with zero attached hydrogens (tertiary/aromatic N) is 5. The third-order valence-electron chi connectivity index (χ3n) is 4.52. The molecule has 0 spiro atoms. The molecule has 2 aromatic carbocycles. The summed E-state index contributed by atoms with van der Waals surface area (Å²) in [5.41, 5.74) is 3.46. The molecule has 0 radical (unpaired) electrons. The minimum absolute atomic E-state index is 0.0826. The van der Waals surface area contributed by atoms with E-state index in [1.54, 1.807) is 36.7 Å². The predicted molar refractivity (Wildman–Crippen MR) is 95.7 cm³/mol. The lowest BCUT2D eigenvalue weighted by Crippen LogP contribution is -2.22. The minimum Gasteiger partial charge on any atom is -0.287 e. The van der Waals surface area contributed by atoms with E-state index in [2.05, 4.69) is 20.3 Å². The van der Waals surface area contributed by atoms with Gasteiger partial charge < -0.3 is 0 Å². The van der Waals surface area contributed by atoms with Crippen LogP contribution in [0.4, 0.5) is 0 Å². The lowest BCUT2D eigenvalue weighted by atomic mass is 9.90. The van der Waals surface area contributed by atoms with Crippen LogP contribution < -0.4 is 0 Å². The number of hydrogen-bond acceptors (Lipinski definition) is 6. The standard InChI is InChI=1S/C20H11N5O2/c26-19-15-3-1-2-4-16(15)20(27)18-17(19)23-24-25(18)14-7-5-12(6-8-14)13-9-21-11-22-10-13/h1-11H. The molecule has 2 heterocycles. The Kier molecular flexibility index (Phi) is 3.26. The van der Waals surface area contributed by atoms with Gasteiger partial charge in [-0.1, -0.05) is 41.6 Å². The monoisotopic (exact) mass is 353 g/mol. The molecule has 128 valence electrons. The summed E-state index contributed by atoms with van der Waals surface area (Å²) in [6, 6.07) is 14.1. The van der Waals surface area contributed by atoms with Crippen LogP contribution in [0, 0.1) is 0 Å². The molecule has 1 aliphatic rings. The van der Waals surface area contributed by atoms with Crippen LogP contribution in [0.1, 0.15) is 32.1 Å². The van der Waals surface area contributed by atoms with E-state index in [4.69, 9.17) is 0 Å². The fraction of sp³-hybridized carbons (Fsp3) is 0. The smallest absolute Gasteiger partial charge is 0.216 e. The van der Waals surface area contributed by atoms with Gasteiger partial charge >= 0.3 is 0 Å². The van der Waals surface area contributed by atoms with Gasteiger partial charge in [0.15, 0.2) is 5.69 Å². The van der Waals surface area contributed by atoms with Crippen molar-refractivity contribution in [3.8, 4) is 16.8 Å². The average Bonchev–Trinajstić information content (AvgIpc) is 3.18. The summed E-state index contributed by atoms with van der Waals surface area (Å²) in [7, 11) is 0. The van der Waals surface area contributed by atoms with Gasteiger partial charge in [-0.15, -0.1) is 5.10 Å². The maximum atomic E-state index is 12.9. The molecule has 5 rings (SSSR count). The van der Waals surface area contributed by atoms with E-state index in [-0.39, 0.29) is 23.0 Å². The molecule has 1 aliphatic carbocycles. The molecule has 0 fully saturated rings. The molecule has 0 N–H and O–H groups in total. The van der Waals surface area contributed by atoms with Crippen molar-refractivity contribution >= 4 is 11.6 Å².